The summed E-state index contributed by atoms with van der Waals surface area (Å²) in [4.78, 5) is 0. The van der Waals surface area contributed by atoms with Crippen LogP contribution in [0.1, 0.15) is 0 Å². The molecule has 0 unspecified atom stereocenters. The maximum Gasteiger partial charge on any atom is 0.447 e. The summed E-state index contributed by atoms with van der Waals surface area (Å²) in [6, 6.07) is 0. The third-order valence-electron chi connectivity index (χ3n) is 4.47. The summed E-state index contributed by atoms with van der Waals surface area (Å²) in [6.07, 6.45) is -50.2. The van der Waals surface area contributed by atoms with Gasteiger partial charge in [0.2, 0.25) is 11.5 Å². The molecule has 2 nitrogen and oxygen atoms in total. The molecule has 39 heavy (non-hydrogen) atoms. The quantitative estimate of drug-likeness (QED) is 0.289. The monoisotopic (exact) mass is 644 g/mol. The minimum atomic E-state index is -8.46. The summed E-state index contributed by atoms with van der Waals surface area (Å²) in [7, 11) is 0. The lowest BCUT2D eigenvalue weighted by Gasteiger charge is -2.40. The smallest absolute Gasteiger partial charge is 0.447 e. The van der Waals surface area contributed by atoms with Gasteiger partial charge in [-0.15, -0.1) is 0 Å². The van der Waals surface area contributed by atoms with Gasteiger partial charge in [0.1, 0.15) is 0 Å². The molecular weight excluding hydrogens is 644 g/mol. The summed E-state index contributed by atoms with van der Waals surface area (Å²) in [5, 5.41) is 0. The Morgan fingerprint density at radius 2 is 0.487 bits per heavy atom. The first-order valence-electron chi connectivity index (χ1n) is 8.10. The Hall–Kier alpha value is -2.34. The van der Waals surface area contributed by atoms with E-state index in [2.05, 4.69) is 0 Å². The number of rotatable bonds is 4. The Balaban J connectivity index is 4.47. The molecule has 1 aliphatic rings. The minimum absolute atomic E-state index is 1.64. The Labute approximate surface area is 194 Å². The Bertz CT molecular complexity index is 813. The van der Waals surface area contributed by atoms with E-state index in [-0.39, 0.29) is 0 Å². The van der Waals surface area contributed by atoms with E-state index < -0.39 is 77.5 Å². The van der Waals surface area contributed by atoms with Crippen LogP contribution in [0.4, 0.5) is 105 Å². The zero-order valence-electron chi connectivity index (χ0n) is 16.4. The van der Waals surface area contributed by atoms with Crippen LogP contribution >= 0.6 is 0 Å². The fourth-order valence-corrected chi connectivity index (χ4v) is 2.61. The molecule has 0 amide bonds. The lowest BCUT2D eigenvalue weighted by Crippen LogP contribution is -2.69. The SMILES string of the molecule is FC(F)(F)C(OC1=C(OC(C(F)(F)F)(C(F)(F)F)C(F)(F)F)C(F)(F)C(F)(F)C1(F)F)(C(F)(F)F)C(F)(F)F. The van der Waals surface area contributed by atoms with Gasteiger partial charge in [0, 0.05) is 0 Å². The molecule has 0 aromatic carbocycles. The van der Waals surface area contributed by atoms with Gasteiger partial charge in [0.25, 0.3) is 0 Å². The van der Waals surface area contributed by atoms with Crippen molar-refractivity contribution in [3.05, 3.63) is 11.5 Å². The molecule has 0 spiro atoms. The van der Waals surface area contributed by atoms with E-state index in [0.29, 0.717) is 0 Å². The molecule has 0 radical (unpaired) electrons. The molecule has 0 atom stereocenters. The van der Waals surface area contributed by atoms with E-state index in [1.807, 2.05) is 0 Å². The molecule has 1 aliphatic carbocycles. The van der Waals surface area contributed by atoms with Crippen molar-refractivity contribution >= 4 is 0 Å². The van der Waals surface area contributed by atoms with Crippen molar-refractivity contribution in [3.63, 3.8) is 0 Å². The zero-order chi connectivity index (χ0) is 32.1. The van der Waals surface area contributed by atoms with Crippen LogP contribution in [0.25, 0.3) is 0 Å². The van der Waals surface area contributed by atoms with Gasteiger partial charge in [0.15, 0.2) is 0 Å². The first kappa shape index (κ1) is 34.7. The fourth-order valence-electron chi connectivity index (χ4n) is 2.61. The lowest BCUT2D eigenvalue weighted by molar-refractivity contribution is -0.459. The normalized spacial score (nSPS) is 21.3. The van der Waals surface area contributed by atoms with Crippen LogP contribution in [0.2, 0.25) is 0 Å². The number of hydrogen-bond donors (Lipinski definition) is 0. The van der Waals surface area contributed by atoms with E-state index in [9.17, 15) is 105 Å². The number of alkyl halides is 24. The standard InChI is InChI=1S/C13F24O2/c14-3(15)1(38-5(8(20,21)22,9(23,24)25)10(26,27)28)2(4(16,17)7(3,18)19)39-6(11(29,30)31,12(32,33)34)13(35,36)37. The van der Waals surface area contributed by atoms with Gasteiger partial charge in [-0.1, -0.05) is 0 Å². The molecule has 0 saturated carbocycles. The highest BCUT2D eigenvalue weighted by Gasteiger charge is 2.93. The first-order valence-corrected chi connectivity index (χ1v) is 8.10. The first-order chi connectivity index (χ1) is 16.4. The van der Waals surface area contributed by atoms with Crippen LogP contribution in [-0.4, -0.2) is 66.0 Å². The van der Waals surface area contributed by atoms with Crippen molar-refractivity contribution in [2.24, 2.45) is 0 Å². The van der Waals surface area contributed by atoms with Crippen molar-refractivity contribution in [2.75, 3.05) is 0 Å². The lowest BCUT2D eigenvalue weighted by atomic mass is 10.0. The Morgan fingerprint density at radius 3 is 0.615 bits per heavy atom. The number of allylic oxidation sites excluding steroid dienone is 2. The topological polar surface area (TPSA) is 18.5 Å². The second-order valence-electron chi connectivity index (χ2n) is 6.93. The van der Waals surface area contributed by atoms with Gasteiger partial charge >= 0.3 is 66.0 Å². The van der Waals surface area contributed by atoms with Crippen LogP contribution in [-0.2, 0) is 9.47 Å². The van der Waals surface area contributed by atoms with E-state index >= 15 is 0 Å². The highest BCUT2D eigenvalue weighted by molar-refractivity contribution is 5.36. The second kappa shape index (κ2) is 8.34. The summed E-state index contributed by atoms with van der Waals surface area (Å²) in [6.45, 7) is 0. The van der Waals surface area contributed by atoms with Crippen molar-refractivity contribution < 1.29 is 115 Å². The molecule has 0 saturated heterocycles. The largest absolute Gasteiger partial charge is 0.456 e. The molecule has 0 heterocycles. The third-order valence-corrected chi connectivity index (χ3v) is 4.47. The van der Waals surface area contributed by atoms with Crippen molar-refractivity contribution in [3.8, 4) is 0 Å². The Kier molecular flexibility index (Phi) is 7.42. The summed E-state index contributed by atoms with van der Waals surface area (Å²) < 4.78 is 318. The summed E-state index contributed by atoms with van der Waals surface area (Å²) >= 11 is 0. The second-order valence-corrected chi connectivity index (χ2v) is 6.93. The molecular formula is C13F24O2. The average Bonchev–Trinajstić information content (AvgIpc) is 2.65. The molecule has 26 heteroatoms. The maximum atomic E-state index is 13.9. The van der Waals surface area contributed by atoms with Gasteiger partial charge in [0.05, 0.1) is 0 Å². The van der Waals surface area contributed by atoms with E-state index in [4.69, 9.17) is 0 Å². The molecule has 0 aromatic heterocycles. The van der Waals surface area contributed by atoms with Crippen LogP contribution in [0.5, 0.6) is 0 Å². The highest BCUT2D eigenvalue weighted by atomic mass is 19.5. The molecule has 0 fully saturated rings. The van der Waals surface area contributed by atoms with Gasteiger partial charge in [-0.25, -0.2) is 0 Å². The van der Waals surface area contributed by atoms with Gasteiger partial charge < -0.3 is 9.47 Å². The van der Waals surface area contributed by atoms with Gasteiger partial charge in [-0.05, 0) is 0 Å². The number of ether oxygens (including phenoxy) is 2. The van der Waals surface area contributed by atoms with E-state index in [1.54, 1.807) is 9.47 Å². The predicted molar refractivity (Wildman–Crippen MR) is 65.8 cm³/mol. The zero-order valence-corrected chi connectivity index (χ0v) is 16.4. The molecule has 0 bridgehead atoms. The van der Waals surface area contributed by atoms with Crippen LogP contribution in [0.15, 0.2) is 11.5 Å². The number of halogens is 24. The molecule has 0 aliphatic heterocycles. The van der Waals surface area contributed by atoms with Crippen LogP contribution < -0.4 is 0 Å². The predicted octanol–water partition coefficient (Wildman–Crippen LogP) is 8.00. The van der Waals surface area contributed by atoms with Gasteiger partial charge in [-0.2, -0.15) is 105 Å². The van der Waals surface area contributed by atoms with Crippen LogP contribution in [0, 0.1) is 0 Å². The maximum absolute atomic E-state index is 13.9. The Morgan fingerprint density at radius 1 is 0.333 bits per heavy atom. The highest BCUT2D eigenvalue weighted by Crippen LogP contribution is 2.66. The van der Waals surface area contributed by atoms with Crippen molar-refractivity contribution in [2.45, 2.75) is 66.0 Å². The third kappa shape index (κ3) is 4.42. The minimum Gasteiger partial charge on any atom is -0.456 e. The summed E-state index contributed by atoms with van der Waals surface area (Å²) in [5.41, 5.74) is -16.9. The van der Waals surface area contributed by atoms with E-state index in [1.165, 1.54) is 0 Å². The van der Waals surface area contributed by atoms with E-state index in [0.717, 1.165) is 0 Å². The molecule has 0 N–H and O–H groups in total. The fraction of sp³-hybridized carbons (Fsp3) is 0.846. The summed E-state index contributed by atoms with van der Waals surface area (Å²) in [5.74, 6) is -34.8. The van der Waals surface area contributed by atoms with Crippen LogP contribution in [0.3, 0.4) is 0 Å². The van der Waals surface area contributed by atoms with Crippen molar-refractivity contribution in [1.29, 1.82) is 0 Å². The van der Waals surface area contributed by atoms with Crippen molar-refractivity contribution in [1.82, 2.24) is 0 Å². The van der Waals surface area contributed by atoms with Gasteiger partial charge in [-0.3, -0.25) is 0 Å². The average molecular weight is 644 g/mol. The molecule has 1 rings (SSSR count). The molecule has 0 aromatic rings. The number of hydrogen-bond acceptors (Lipinski definition) is 2. The molecule has 232 valence electrons.